The van der Waals surface area contributed by atoms with Crippen LogP contribution >= 0.6 is 0 Å². The average Bonchev–Trinajstić information content (AvgIpc) is 3.32. The van der Waals surface area contributed by atoms with Crippen molar-refractivity contribution >= 4 is 21.6 Å². The number of sulfonamides is 1. The molecule has 0 spiro atoms. The van der Waals surface area contributed by atoms with E-state index in [1.54, 1.807) is 49.4 Å². The number of amides is 1. The molecule has 8 nitrogen and oxygen atoms in total. The zero-order valence-corrected chi connectivity index (χ0v) is 18.0. The molecule has 0 aliphatic carbocycles. The van der Waals surface area contributed by atoms with E-state index >= 15 is 0 Å². The van der Waals surface area contributed by atoms with Gasteiger partial charge in [-0.15, -0.1) is 0 Å². The third-order valence-corrected chi connectivity index (χ3v) is 6.83. The molecule has 160 valence electrons. The fourth-order valence-electron chi connectivity index (χ4n) is 3.15. The van der Waals surface area contributed by atoms with E-state index in [-0.39, 0.29) is 4.90 Å². The van der Waals surface area contributed by atoms with Crippen LogP contribution in [0.3, 0.4) is 0 Å². The second kappa shape index (κ2) is 9.27. The lowest BCUT2D eigenvalue weighted by molar-refractivity contribution is 0.0954. The van der Waals surface area contributed by atoms with Gasteiger partial charge in [0.2, 0.25) is 10.0 Å². The maximum atomic E-state index is 12.6. The maximum Gasteiger partial charge on any atom is 0.271 e. The van der Waals surface area contributed by atoms with Crippen LogP contribution in [0.2, 0.25) is 0 Å². The van der Waals surface area contributed by atoms with Crippen molar-refractivity contribution in [2.75, 3.05) is 27.3 Å². The predicted octanol–water partition coefficient (Wildman–Crippen LogP) is 2.64. The molecule has 0 radical (unpaired) electrons. The number of ether oxygens (including phenoxy) is 2. The number of hydrogen-bond donors (Lipinski definition) is 1. The summed E-state index contributed by atoms with van der Waals surface area (Å²) < 4.78 is 37.1. The molecule has 1 aliphatic rings. The molecule has 2 aromatic rings. The van der Waals surface area contributed by atoms with Crippen molar-refractivity contribution in [3.8, 4) is 11.5 Å². The Morgan fingerprint density at radius 2 is 1.53 bits per heavy atom. The monoisotopic (exact) mass is 431 g/mol. The Labute approximate surface area is 176 Å². The summed E-state index contributed by atoms with van der Waals surface area (Å²) in [6.45, 7) is 2.85. The second-order valence-corrected chi connectivity index (χ2v) is 8.81. The molecule has 0 unspecified atom stereocenters. The second-order valence-electron chi connectivity index (χ2n) is 6.88. The number of carbonyl (C=O) groups excluding carboxylic acids is 1. The first kappa shape index (κ1) is 21.8. The minimum Gasteiger partial charge on any atom is -0.497 e. The average molecular weight is 432 g/mol. The molecule has 1 heterocycles. The molecule has 1 fully saturated rings. The van der Waals surface area contributed by atoms with E-state index in [0.717, 1.165) is 12.8 Å². The fraction of sp³-hybridized carbons (Fsp3) is 0.333. The van der Waals surface area contributed by atoms with Crippen molar-refractivity contribution in [3.63, 3.8) is 0 Å². The topological polar surface area (TPSA) is 97.3 Å². The Morgan fingerprint density at radius 3 is 2.07 bits per heavy atom. The van der Waals surface area contributed by atoms with E-state index in [0.29, 0.717) is 41.4 Å². The Hall–Kier alpha value is -2.91. The molecule has 1 aliphatic heterocycles. The normalized spacial score (nSPS) is 15.1. The van der Waals surface area contributed by atoms with Gasteiger partial charge in [0.15, 0.2) is 0 Å². The van der Waals surface area contributed by atoms with E-state index in [1.165, 1.54) is 18.5 Å². The first-order valence-corrected chi connectivity index (χ1v) is 11.0. The summed E-state index contributed by atoms with van der Waals surface area (Å²) in [6, 6.07) is 11.3. The molecular formula is C21H25N3O5S. The molecule has 9 heteroatoms. The van der Waals surface area contributed by atoms with Crippen LogP contribution in [0.1, 0.15) is 35.7 Å². The Bertz CT molecular complexity index is 1020. The molecule has 0 saturated carbocycles. The third-order valence-electron chi connectivity index (χ3n) is 4.91. The molecule has 1 saturated heterocycles. The molecule has 0 bridgehead atoms. The van der Waals surface area contributed by atoms with E-state index in [1.807, 2.05) is 0 Å². The first-order valence-electron chi connectivity index (χ1n) is 9.53. The number of methoxy groups -OCH3 is 2. The van der Waals surface area contributed by atoms with Crippen molar-refractivity contribution in [2.24, 2.45) is 5.10 Å². The minimum atomic E-state index is -3.46. The number of hydrogen-bond acceptors (Lipinski definition) is 6. The van der Waals surface area contributed by atoms with Crippen LogP contribution in [-0.2, 0) is 10.0 Å². The van der Waals surface area contributed by atoms with Crippen LogP contribution in [-0.4, -0.2) is 51.7 Å². The quantitative estimate of drug-likeness (QED) is 0.537. The molecule has 3 rings (SSSR count). The van der Waals surface area contributed by atoms with Crippen molar-refractivity contribution in [1.82, 2.24) is 9.73 Å². The highest BCUT2D eigenvalue weighted by atomic mass is 32.2. The van der Waals surface area contributed by atoms with Gasteiger partial charge in [-0.2, -0.15) is 9.41 Å². The molecule has 1 N–H and O–H groups in total. The number of benzene rings is 2. The van der Waals surface area contributed by atoms with Gasteiger partial charge in [-0.1, -0.05) is 12.1 Å². The summed E-state index contributed by atoms with van der Waals surface area (Å²) in [5.41, 5.74) is 4.10. The summed E-state index contributed by atoms with van der Waals surface area (Å²) in [5.74, 6) is 0.574. The van der Waals surface area contributed by atoms with Gasteiger partial charge >= 0.3 is 0 Å². The summed E-state index contributed by atoms with van der Waals surface area (Å²) in [6.07, 6.45) is 1.78. The van der Waals surface area contributed by atoms with Gasteiger partial charge in [0, 0.05) is 24.7 Å². The number of hydrazone groups is 1. The van der Waals surface area contributed by atoms with Crippen LogP contribution in [0.15, 0.2) is 52.5 Å². The van der Waals surface area contributed by atoms with Crippen LogP contribution in [0.4, 0.5) is 0 Å². The lowest BCUT2D eigenvalue weighted by atomic mass is 10.1. The molecule has 0 atom stereocenters. The van der Waals surface area contributed by atoms with Crippen LogP contribution in [0, 0.1) is 0 Å². The Kier molecular flexibility index (Phi) is 6.73. The molecule has 1 amide bonds. The minimum absolute atomic E-state index is 0.258. The lowest BCUT2D eigenvalue weighted by Gasteiger charge is -2.15. The predicted molar refractivity (Wildman–Crippen MR) is 114 cm³/mol. The van der Waals surface area contributed by atoms with Gasteiger partial charge < -0.3 is 9.47 Å². The van der Waals surface area contributed by atoms with E-state index in [2.05, 4.69) is 10.5 Å². The van der Waals surface area contributed by atoms with Gasteiger partial charge in [0.25, 0.3) is 5.91 Å². The molecular weight excluding hydrogens is 406 g/mol. The van der Waals surface area contributed by atoms with Gasteiger partial charge in [-0.05, 0) is 49.6 Å². The number of nitrogens with zero attached hydrogens (tertiary/aromatic N) is 2. The Balaban J connectivity index is 1.72. The molecule has 0 aromatic heterocycles. The third kappa shape index (κ3) is 4.80. The zero-order chi connectivity index (χ0) is 21.7. The highest BCUT2D eigenvalue weighted by Gasteiger charge is 2.26. The van der Waals surface area contributed by atoms with Crippen LogP contribution < -0.4 is 14.9 Å². The van der Waals surface area contributed by atoms with Crippen molar-refractivity contribution in [2.45, 2.75) is 24.7 Å². The summed E-state index contributed by atoms with van der Waals surface area (Å²) in [4.78, 5) is 12.7. The van der Waals surface area contributed by atoms with Crippen LogP contribution in [0.25, 0.3) is 0 Å². The highest BCUT2D eigenvalue weighted by Crippen LogP contribution is 2.23. The first-order chi connectivity index (χ1) is 14.3. The van der Waals surface area contributed by atoms with Gasteiger partial charge in [-0.25, -0.2) is 13.8 Å². The molecule has 2 aromatic carbocycles. The van der Waals surface area contributed by atoms with Crippen molar-refractivity contribution in [3.05, 3.63) is 53.6 Å². The Morgan fingerprint density at radius 1 is 0.967 bits per heavy atom. The standard InChI is InChI=1S/C21H25N3O5S/c1-15(22-23-21(25)17-12-18(28-2)14-19(13-17)29-3)16-6-8-20(9-7-16)30(26,27)24-10-4-5-11-24/h6-9,12-14H,4-5,10-11H2,1-3H3,(H,23,25)/b22-15+. The number of carbonyl (C=O) groups is 1. The van der Waals surface area contributed by atoms with Crippen molar-refractivity contribution < 1.29 is 22.7 Å². The molecule has 30 heavy (non-hydrogen) atoms. The number of nitrogens with one attached hydrogen (secondary N) is 1. The lowest BCUT2D eigenvalue weighted by Crippen LogP contribution is -2.27. The largest absolute Gasteiger partial charge is 0.497 e. The zero-order valence-electron chi connectivity index (χ0n) is 17.2. The smallest absolute Gasteiger partial charge is 0.271 e. The summed E-state index contributed by atoms with van der Waals surface area (Å²) in [5, 5.41) is 4.13. The summed E-state index contributed by atoms with van der Waals surface area (Å²) in [7, 11) is -0.444. The van der Waals surface area contributed by atoms with E-state index in [4.69, 9.17) is 9.47 Å². The van der Waals surface area contributed by atoms with Gasteiger partial charge in [0.05, 0.1) is 24.8 Å². The van der Waals surface area contributed by atoms with Crippen LogP contribution in [0.5, 0.6) is 11.5 Å². The number of rotatable bonds is 7. The maximum absolute atomic E-state index is 12.6. The summed E-state index contributed by atoms with van der Waals surface area (Å²) >= 11 is 0. The van der Waals surface area contributed by atoms with Gasteiger partial charge in [0.1, 0.15) is 11.5 Å². The SMILES string of the molecule is COc1cc(OC)cc(C(=O)N/N=C(\C)c2ccc(S(=O)(=O)N3CCCC3)cc2)c1. The van der Waals surface area contributed by atoms with Crippen molar-refractivity contribution in [1.29, 1.82) is 0 Å². The van der Waals surface area contributed by atoms with E-state index in [9.17, 15) is 13.2 Å². The fourth-order valence-corrected chi connectivity index (χ4v) is 4.66. The van der Waals surface area contributed by atoms with E-state index < -0.39 is 15.9 Å². The van der Waals surface area contributed by atoms with Gasteiger partial charge in [-0.3, -0.25) is 4.79 Å². The highest BCUT2D eigenvalue weighted by molar-refractivity contribution is 7.89.